The van der Waals surface area contributed by atoms with Gasteiger partial charge in [-0.2, -0.15) is 0 Å². The molecular weight excluding hydrogens is 484 g/mol. The van der Waals surface area contributed by atoms with Gasteiger partial charge in [0.25, 0.3) is 0 Å². The van der Waals surface area contributed by atoms with Gasteiger partial charge in [-0.25, -0.2) is 0 Å². The Hall–Kier alpha value is -0.770. The molecule has 0 aliphatic carbocycles. The molecule has 0 atom stereocenters. The normalized spacial score (nSPS) is 11.1. The number of hydrogen-bond acceptors (Lipinski definition) is 4. The van der Waals surface area contributed by atoms with Crippen LogP contribution in [0.4, 0.5) is 0 Å². The van der Waals surface area contributed by atoms with Crippen molar-refractivity contribution in [1.29, 1.82) is 0 Å². The summed E-state index contributed by atoms with van der Waals surface area (Å²) in [6.45, 7) is 3.32. The van der Waals surface area contributed by atoms with Crippen molar-refractivity contribution in [2.75, 3.05) is 19.1 Å². The van der Waals surface area contributed by atoms with Crippen molar-refractivity contribution in [3.63, 3.8) is 0 Å². The van der Waals surface area contributed by atoms with Crippen molar-refractivity contribution in [2.45, 2.75) is 174 Å². The van der Waals surface area contributed by atoms with E-state index in [1.807, 2.05) is 0 Å². The van der Waals surface area contributed by atoms with Crippen molar-refractivity contribution < 1.29 is 19.1 Å². The molecule has 0 spiro atoms. The van der Waals surface area contributed by atoms with Gasteiger partial charge in [-0.1, -0.05) is 129 Å². The van der Waals surface area contributed by atoms with Gasteiger partial charge in [0.1, 0.15) is 0 Å². The summed E-state index contributed by atoms with van der Waals surface area (Å²) in [5, 5.41) is 0. The number of ether oxygens (including phenoxy) is 2. The molecule has 0 aromatic carbocycles. The largest absolute Gasteiger partial charge is 0.466 e. The van der Waals surface area contributed by atoms with Gasteiger partial charge in [-0.3, -0.25) is 9.59 Å². The average molecular weight is 545 g/mol. The van der Waals surface area contributed by atoms with Gasteiger partial charge in [0.15, 0.2) is 0 Å². The Balaban J connectivity index is 3.25. The maximum absolute atomic E-state index is 11.8. The van der Waals surface area contributed by atoms with Gasteiger partial charge in [0.2, 0.25) is 0 Å². The highest BCUT2D eigenvalue weighted by Gasteiger charge is 2.06. The second kappa shape index (κ2) is 31.4. The predicted molar refractivity (Wildman–Crippen MR) is 158 cm³/mol. The zero-order chi connectivity index (χ0) is 27.1. The Bertz CT molecular complexity index is 483. The third-order valence-electron chi connectivity index (χ3n) is 7.06. The minimum atomic E-state index is -0.149. The molecule has 0 heterocycles. The van der Waals surface area contributed by atoms with Gasteiger partial charge in [0, 0.05) is 18.7 Å². The number of alkyl halides is 1. The molecule has 0 aromatic rings. The lowest BCUT2D eigenvalue weighted by Crippen LogP contribution is -2.08. The first-order chi connectivity index (χ1) is 18.2. The molecular formula is C32H61ClO4. The van der Waals surface area contributed by atoms with Crippen molar-refractivity contribution >= 4 is 23.5 Å². The fourth-order valence-corrected chi connectivity index (χ4v) is 4.80. The third kappa shape index (κ3) is 31.3. The Morgan fingerprint density at radius 1 is 0.432 bits per heavy atom. The van der Waals surface area contributed by atoms with Gasteiger partial charge in [-0.15, -0.1) is 11.6 Å². The van der Waals surface area contributed by atoms with Crippen LogP contribution in [-0.4, -0.2) is 31.0 Å². The van der Waals surface area contributed by atoms with E-state index in [-0.39, 0.29) is 11.9 Å². The number of unbranched alkanes of at least 4 members (excludes halogenated alkanes) is 21. The van der Waals surface area contributed by atoms with Crippen molar-refractivity contribution in [3.8, 4) is 0 Å². The molecule has 4 nitrogen and oxygen atoms in total. The highest BCUT2D eigenvalue weighted by molar-refractivity contribution is 6.17. The summed E-state index contributed by atoms with van der Waals surface area (Å²) in [7, 11) is 0. The van der Waals surface area contributed by atoms with Crippen molar-refractivity contribution in [3.05, 3.63) is 0 Å². The lowest BCUT2D eigenvalue weighted by atomic mass is 10.0. The number of halogens is 1. The zero-order valence-electron chi connectivity index (χ0n) is 24.5. The quantitative estimate of drug-likeness (QED) is 0.0512. The molecule has 0 aliphatic heterocycles. The lowest BCUT2D eigenvalue weighted by Gasteiger charge is -2.06. The van der Waals surface area contributed by atoms with Crippen molar-refractivity contribution in [1.82, 2.24) is 0 Å². The SMILES string of the molecule is CCCCCCCCCCCCCCCCCCOC(=O)CCCCC(=O)OCCCCCCCCCl. The van der Waals surface area contributed by atoms with Gasteiger partial charge in [-0.05, 0) is 32.1 Å². The first-order valence-electron chi connectivity index (χ1n) is 16.1. The van der Waals surface area contributed by atoms with Crippen LogP contribution in [0.1, 0.15) is 174 Å². The highest BCUT2D eigenvalue weighted by Crippen LogP contribution is 2.14. The van der Waals surface area contributed by atoms with E-state index < -0.39 is 0 Å². The molecule has 0 aliphatic rings. The minimum absolute atomic E-state index is 0.136. The Labute approximate surface area is 235 Å². The second-order valence-corrected chi connectivity index (χ2v) is 11.1. The first kappa shape index (κ1) is 36.2. The maximum Gasteiger partial charge on any atom is 0.305 e. The van der Waals surface area contributed by atoms with Crippen LogP contribution in [0.15, 0.2) is 0 Å². The van der Waals surface area contributed by atoms with E-state index in [4.69, 9.17) is 21.1 Å². The number of rotatable bonds is 30. The summed E-state index contributed by atoms with van der Waals surface area (Å²) in [4.78, 5) is 23.6. The van der Waals surface area contributed by atoms with Crippen LogP contribution in [0.25, 0.3) is 0 Å². The van der Waals surface area contributed by atoms with Crippen LogP contribution < -0.4 is 0 Å². The van der Waals surface area contributed by atoms with Crippen LogP contribution in [-0.2, 0) is 19.1 Å². The molecule has 220 valence electrons. The number of hydrogen-bond donors (Lipinski definition) is 0. The van der Waals surface area contributed by atoms with Crippen LogP contribution in [0, 0.1) is 0 Å². The van der Waals surface area contributed by atoms with E-state index in [1.54, 1.807) is 0 Å². The summed E-state index contributed by atoms with van der Waals surface area (Å²) in [5.41, 5.74) is 0. The van der Waals surface area contributed by atoms with E-state index in [9.17, 15) is 9.59 Å². The predicted octanol–water partition coefficient (Wildman–Crippen LogP) is 10.5. The first-order valence-corrected chi connectivity index (χ1v) is 16.6. The summed E-state index contributed by atoms with van der Waals surface area (Å²) < 4.78 is 10.6. The highest BCUT2D eigenvalue weighted by atomic mass is 35.5. The summed E-state index contributed by atoms with van der Waals surface area (Å²) >= 11 is 5.66. The molecule has 0 radical (unpaired) electrons. The molecule has 0 N–H and O–H groups in total. The Morgan fingerprint density at radius 2 is 0.730 bits per heavy atom. The molecule has 0 bridgehead atoms. The van der Waals surface area contributed by atoms with E-state index in [0.29, 0.717) is 38.9 Å². The molecule has 0 saturated heterocycles. The molecule has 0 unspecified atom stereocenters. The monoisotopic (exact) mass is 544 g/mol. The molecule has 0 amide bonds. The lowest BCUT2D eigenvalue weighted by molar-refractivity contribution is -0.146. The Morgan fingerprint density at radius 3 is 1.05 bits per heavy atom. The van der Waals surface area contributed by atoms with Crippen LogP contribution >= 0.6 is 11.6 Å². The smallest absolute Gasteiger partial charge is 0.305 e. The van der Waals surface area contributed by atoms with Gasteiger partial charge >= 0.3 is 11.9 Å². The standard InChI is InChI=1S/C32H61ClO4/c1-2-3-4-5-6-7-8-9-10-11-12-13-14-16-19-24-29-36-31(34)26-21-22-27-32(35)37-30-25-20-17-15-18-23-28-33/h2-30H2,1H3. The van der Waals surface area contributed by atoms with Crippen LogP contribution in [0.3, 0.4) is 0 Å². The van der Waals surface area contributed by atoms with Gasteiger partial charge in [0.05, 0.1) is 13.2 Å². The van der Waals surface area contributed by atoms with E-state index in [0.717, 1.165) is 38.0 Å². The molecule has 0 saturated carbocycles. The molecule has 0 rings (SSSR count). The van der Waals surface area contributed by atoms with E-state index in [1.165, 1.54) is 109 Å². The molecule has 5 heteroatoms. The van der Waals surface area contributed by atoms with Crippen LogP contribution in [0.2, 0.25) is 0 Å². The van der Waals surface area contributed by atoms with Gasteiger partial charge < -0.3 is 9.47 Å². The molecule has 0 aromatic heterocycles. The second-order valence-electron chi connectivity index (χ2n) is 10.8. The van der Waals surface area contributed by atoms with Crippen LogP contribution in [0.5, 0.6) is 0 Å². The summed E-state index contributed by atoms with van der Waals surface area (Å²) in [5.74, 6) is 0.460. The fraction of sp³-hybridized carbons (Fsp3) is 0.938. The van der Waals surface area contributed by atoms with E-state index in [2.05, 4.69) is 6.92 Å². The fourth-order valence-electron chi connectivity index (χ4n) is 4.61. The maximum atomic E-state index is 11.8. The summed E-state index contributed by atoms with van der Waals surface area (Å²) in [6, 6.07) is 0. The van der Waals surface area contributed by atoms with Crippen molar-refractivity contribution in [2.24, 2.45) is 0 Å². The third-order valence-corrected chi connectivity index (χ3v) is 7.33. The van der Waals surface area contributed by atoms with E-state index >= 15 is 0 Å². The molecule has 37 heavy (non-hydrogen) atoms. The molecule has 0 fully saturated rings. The zero-order valence-corrected chi connectivity index (χ0v) is 25.3. The summed E-state index contributed by atoms with van der Waals surface area (Å²) in [6.07, 6.45) is 30.3. The topological polar surface area (TPSA) is 52.6 Å². The average Bonchev–Trinajstić information content (AvgIpc) is 2.90. The number of esters is 2. The number of carbonyl (C=O) groups is 2. The number of carbonyl (C=O) groups excluding carboxylic acids is 2. The Kier molecular flexibility index (Phi) is 30.8. The minimum Gasteiger partial charge on any atom is -0.466 e.